The van der Waals surface area contributed by atoms with Crippen LogP contribution in [0.5, 0.6) is 0 Å². The summed E-state index contributed by atoms with van der Waals surface area (Å²) in [6.45, 7) is 7.33. The van der Waals surface area contributed by atoms with Gasteiger partial charge in [-0.05, 0) is 49.9 Å². The molecule has 0 amide bonds. The highest BCUT2D eigenvalue weighted by molar-refractivity contribution is 6.88. The van der Waals surface area contributed by atoms with Crippen LogP contribution in [0.4, 0.5) is 17.6 Å². The smallest absolute Gasteiger partial charge is 0.282 e. The lowest BCUT2D eigenvalue weighted by Crippen LogP contribution is -2.44. The second-order valence-electron chi connectivity index (χ2n) is 12.1. The number of H-pyrrole nitrogens is 2. The second kappa shape index (κ2) is 15.5. The number of fused-ring (bicyclic) bond motifs is 2. The molecule has 2 atom stereocenters. The molecule has 0 fully saturated rings. The van der Waals surface area contributed by atoms with Crippen LogP contribution < -0.4 is 16.0 Å². The molecule has 6 N–H and O–H groups in total. The second-order valence-corrected chi connectivity index (χ2v) is 17.1. The molecule has 0 saturated heterocycles. The standard InChI is InChI=1S/C17H26F2N2OSi.C14H18F2N2O.ClH/c1-12(20-10-17(18,19)11-22)9-14-13-7-5-6-8-15(13)21-16(14)23(2,3)4;1-10(18-8-14(15,16)9-19)6-11-7-17-13-5-3-2-4-12(11)13;/h5-8,12,20-22H,9-11H2,1-4H3;2-5,7,10,17-19H,6,8-9H2,1H3;1H/t12-;10-;/m11./s1. The van der Waals surface area contributed by atoms with E-state index in [1.165, 1.54) is 16.3 Å². The van der Waals surface area contributed by atoms with E-state index in [2.05, 4.69) is 52.4 Å². The number of halogens is 5. The van der Waals surface area contributed by atoms with Crippen molar-refractivity contribution in [3.05, 3.63) is 65.9 Å². The summed E-state index contributed by atoms with van der Waals surface area (Å²) in [6.07, 6.45) is 3.25. The lowest BCUT2D eigenvalue weighted by atomic mass is 10.1. The summed E-state index contributed by atoms with van der Waals surface area (Å²) in [5.74, 6) is -6.13. The van der Waals surface area contributed by atoms with Gasteiger partial charge in [0.1, 0.15) is 13.2 Å². The number of para-hydroxylation sites is 2. The Labute approximate surface area is 258 Å². The van der Waals surface area contributed by atoms with Gasteiger partial charge in [0.25, 0.3) is 11.8 Å². The first-order valence-electron chi connectivity index (χ1n) is 14.2. The minimum absolute atomic E-state index is 0. The molecule has 0 radical (unpaired) electrons. The van der Waals surface area contributed by atoms with Crippen LogP contribution in [0, 0.1) is 0 Å². The highest BCUT2D eigenvalue weighted by atomic mass is 35.5. The van der Waals surface area contributed by atoms with Crippen LogP contribution in [-0.2, 0) is 12.8 Å². The average molecular weight is 645 g/mol. The first kappa shape index (κ1) is 36.8. The van der Waals surface area contributed by atoms with Gasteiger partial charge in [-0.3, -0.25) is 0 Å². The molecule has 0 bridgehead atoms. The number of aliphatic hydroxyl groups is 2. The maximum absolute atomic E-state index is 13.2. The van der Waals surface area contributed by atoms with Gasteiger partial charge >= 0.3 is 0 Å². The molecule has 2 aromatic carbocycles. The number of aliphatic hydroxyl groups excluding tert-OH is 2. The van der Waals surface area contributed by atoms with E-state index in [4.69, 9.17) is 10.2 Å². The van der Waals surface area contributed by atoms with Crippen LogP contribution in [0.3, 0.4) is 0 Å². The molecule has 0 aliphatic carbocycles. The maximum atomic E-state index is 13.2. The van der Waals surface area contributed by atoms with Crippen molar-refractivity contribution in [2.45, 2.75) is 70.3 Å². The van der Waals surface area contributed by atoms with Crippen molar-refractivity contribution in [1.82, 2.24) is 20.6 Å². The van der Waals surface area contributed by atoms with E-state index in [1.54, 1.807) is 0 Å². The largest absolute Gasteiger partial charge is 0.390 e. The van der Waals surface area contributed by atoms with Gasteiger partial charge in [-0.15, -0.1) is 12.4 Å². The lowest BCUT2D eigenvalue weighted by molar-refractivity contribution is -0.0492. The summed E-state index contributed by atoms with van der Waals surface area (Å²) in [5.41, 5.74) is 4.48. The molecule has 4 aromatic rings. The summed E-state index contributed by atoms with van der Waals surface area (Å²) in [7, 11) is -1.57. The number of nitrogens with one attached hydrogen (secondary N) is 4. The number of benzene rings is 2. The third kappa shape index (κ3) is 10.6. The van der Waals surface area contributed by atoms with Crippen LogP contribution in [0.2, 0.25) is 19.6 Å². The Morgan fingerprint density at radius 3 is 1.79 bits per heavy atom. The van der Waals surface area contributed by atoms with Gasteiger partial charge in [-0.25, -0.2) is 17.6 Å². The predicted molar refractivity (Wildman–Crippen MR) is 173 cm³/mol. The van der Waals surface area contributed by atoms with Gasteiger partial charge in [-0.2, -0.15) is 0 Å². The Balaban J connectivity index is 0.000000298. The quantitative estimate of drug-likeness (QED) is 0.0844. The van der Waals surface area contributed by atoms with Crippen molar-refractivity contribution in [3.63, 3.8) is 0 Å². The number of aromatic amines is 2. The summed E-state index contributed by atoms with van der Waals surface area (Å²) in [5, 5.41) is 26.3. The van der Waals surface area contributed by atoms with Gasteiger partial charge < -0.3 is 30.8 Å². The highest BCUT2D eigenvalue weighted by Gasteiger charge is 2.30. The zero-order chi connectivity index (χ0) is 31.1. The third-order valence-corrected chi connectivity index (χ3v) is 9.08. The highest BCUT2D eigenvalue weighted by Crippen LogP contribution is 2.22. The summed E-state index contributed by atoms with van der Waals surface area (Å²) < 4.78 is 52.3. The Hall–Kier alpha value is -2.41. The Morgan fingerprint density at radius 2 is 1.26 bits per heavy atom. The topological polar surface area (TPSA) is 96.1 Å². The third-order valence-electron chi connectivity index (χ3n) is 7.16. The van der Waals surface area contributed by atoms with E-state index in [9.17, 15) is 17.6 Å². The molecule has 0 aliphatic rings. The minimum Gasteiger partial charge on any atom is -0.390 e. The Bertz CT molecular complexity index is 1420. The Morgan fingerprint density at radius 1 is 0.767 bits per heavy atom. The van der Waals surface area contributed by atoms with Crippen LogP contribution in [-0.4, -0.2) is 78.5 Å². The normalized spacial score (nSPS) is 13.8. The van der Waals surface area contributed by atoms with Crippen LogP contribution >= 0.6 is 12.4 Å². The van der Waals surface area contributed by atoms with Crippen LogP contribution in [0.1, 0.15) is 25.0 Å². The van der Waals surface area contributed by atoms with Gasteiger partial charge in [0, 0.05) is 45.4 Å². The fourth-order valence-electron chi connectivity index (χ4n) is 4.89. The molecular formula is C31H45ClF4N4O2Si. The lowest BCUT2D eigenvalue weighted by Gasteiger charge is -2.22. The molecule has 240 valence electrons. The summed E-state index contributed by atoms with van der Waals surface area (Å²) in [6, 6.07) is 15.9. The number of hydrogen-bond donors (Lipinski definition) is 6. The van der Waals surface area contributed by atoms with E-state index >= 15 is 0 Å². The monoisotopic (exact) mass is 644 g/mol. The van der Waals surface area contributed by atoms with Crippen molar-refractivity contribution < 1.29 is 27.8 Å². The first-order chi connectivity index (χ1) is 19.7. The van der Waals surface area contributed by atoms with E-state index < -0.39 is 46.2 Å². The molecule has 0 unspecified atom stereocenters. The van der Waals surface area contributed by atoms with E-state index in [-0.39, 0.29) is 24.5 Å². The minimum atomic E-state index is -3.07. The molecule has 0 saturated carbocycles. The van der Waals surface area contributed by atoms with Crippen molar-refractivity contribution in [1.29, 1.82) is 0 Å². The summed E-state index contributed by atoms with van der Waals surface area (Å²) in [4.78, 5) is 6.70. The zero-order valence-corrected chi connectivity index (χ0v) is 27.2. The van der Waals surface area contributed by atoms with Crippen molar-refractivity contribution in [2.75, 3.05) is 26.3 Å². The van der Waals surface area contributed by atoms with Crippen molar-refractivity contribution in [2.24, 2.45) is 0 Å². The fraction of sp³-hybridized carbons (Fsp3) is 0.484. The van der Waals surface area contributed by atoms with E-state index in [0.29, 0.717) is 12.8 Å². The molecule has 0 aliphatic heterocycles. The van der Waals surface area contributed by atoms with Gasteiger partial charge in [0.2, 0.25) is 0 Å². The fourth-order valence-corrected chi connectivity index (χ4v) is 6.54. The molecule has 2 heterocycles. The van der Waals surface area contributed by atoms with E-state index in [1.807, 2.05) is 56.4 Å². The van der Waals surface area contributed by atoms with Crippen LogP contribution in [0.15, 0.2) is 54.7 Å². The van der Waals surface area contributed by atoms with Crippen LogP contribution in [0.25, 0.3) is 21.8 Å². The molecule has 0 spiro atoms. The number of aromatic nitrogens is 2. The number of rotatable bonds is 13. The average Bonchev–Trinajstić information content (AvgIpc) is 3.53. The number of alkyl halides is 4. The predicted octanol–water partition coefficient (Wildman–Crippen LogP) is 5.60. The van der Waals surface area contributed by atoms with Crippen molar-refractivity contribution in [3.8, 4) is 0 Å². The molecule has 12 heteroatoms. The zero-order valence-electron chi connectivity index (χ0n) is 25.4. The number of hydrogen-bond acceptors (Lipinski definition) is 4. The van der Waals surface area contributed by atoms with Gasteiger partial charge in [-0.1, -0.05) is 56.0 Å². The SMILES string of the molecule is C[C@H](Cc1c([Si](C)(C)C)[nH]c2ccccc12)NCC(F)(F)CO.C[C@H](Cc1c[nH]c2ccccc12)NCC(F)(F)CO.Cl. The first-order valence-corrected chi connectivity index (χ1v) is 17.7. The van der Waals surface area contributed by atoms with Gasteiger partial charge in [0.15, 0.2) is 0 Å². The molecule has 2 aromatic heterocycles. The molecule has 4 rings (SSSR count). The molecule has 43 heavy (non-hydrogen) atoms. The Kier molecular flexibility index (Phi) is 13.3. The maximum Gasteiger partial charge on any atom is 0.282 e. The summed E-state index contributed by atoms with van der Waals surface area (Å²) >= 11 is 0. The van der Waals surface area contributed by atoms with Gasteiger partial charge in [0.05, 0.1) is 21.2 Å². The van der Waals surface area contributed by atoms with Crippen molar-refractivity contribution >= 4 is 47.6 Å². The molecular weight excluding hydrogens is 600 g/mol. The molecule has 6 nitrogen and oxygen atoms in total. The van der Waals surface area contributed by atoms with E-state index in [0.717, 1.165) is 22.0 Å².